The van der Waals surface area contributed by atoms with E-state index in [1.54, 1.807) is 6.33 Å². The first kappa shape index (κ1) is 15.1. The number of amides is 1. The summed E-state index contributed by atoms with van der Waals surface area (Å²) < 4.78 is 7.43. The van der Waals surface area contributed by atoms with Gasteiger partial charge in [0.25, 0.3) is 5.91 Å². The van der Waals surface area contributed by atoms with Gasteiger partial charge in [-0.3, -0.25) is 9.69 Å². The highest BCUT2D eigenvalue weighted by Crippen LogP contribution is 2.30. The van der Waals surface area contributed by atoms with Crippen molar-refractivity contribution in [3.8, 4) is 5.75 Å². The van der Waals surface area contributed by atoms with Crippen LogP contribution in [0.25, 0.3) is 0 Å². The number of hydrogen-bond acceptors (Lipinski definition) is 5. The van der Waals surface area contributed by atoms with Gasteiger partial charge < -0.3 is 14.6 Å². The fourth-order valence-corrected chi connectivity index (χ4v) is 3.50. The quantitative estimate of drug-likeness (QED) is 0.925. The number of hydrogen-bond donors (Lipinski definition) is 1. The van der Waals surface area contributed by atoms with Gasteiger partial charge >= 0.3 is 0 Å². The number of aryl methyl sites for hydroxylation is 1. The van der Waals surface area contributed by atoms with E-state index in [2.05, 4.69) is 26.5 Å². The lowest BCUT2D eigenvalue weighted by Gasteiger charge is -2.31. The van der Waals surface area contributed by atoms with Gasteiger partial charge in [-0.25, -0.2) is 0 Å². The van der Waals surface area contributed by atoms with E-state index in [4.69, 9.17) is 4.74 Å². The average Bonchev–Trinajstić information content (AvgIpc) is 3.01. The zero-order valence-electron chi connectivity index (χ0n) is 13.7. The molecule has 0 aliphatic carbocycles. The Morgan fingerprint density at radius 1 is 1.33 bits per heavy atom. The van der Waals surface area contributed by atoms with Crippen LogP contribution in [0.1, 0.15) is 30.1 Å². The van der Waals surface area contributed by atoms with Crippen LogP contribution in [-0.2, 0) is 18.4 Å². The number of ether oxygens (including phenoxy) is 1. The van der Waals surface area contributed by atoms with Crippen molar-refractivity contribution >= 4 is 11.6 Å². The predicted molar refractivity (Wildman–Crippen MR) is 88.8 cm³/mol. The molecule has 1 fully saturated rings. The summed E-state index contributed by atoms with van der Waals surface area (Å²) in [5, 5.41) is 11.1. The number of carbonyl (C=O) groups excluding carboxylic acids is 1. The van der Waals surface area contributed by atoms with Crippen LogP contribution in [0.3, 0.4) is 0 Å². The molecule has 2 aromatic rings. The Kier molecular flexibility index (Phi) is 3.93. The Hall–Kier alpha value is -2.41. The van der Waals surface area contributed by atoms with Gasteiger partial charge in [-0.1, -0.05) is 6.07 Å². The molecule has 126 valence electrons. The number of fused-ring (bicyclic) bond motifs is 1. The molecule has 1 aromatic carbocycles. The van der Waals surface area contributed by atoms with Crippen molar-refractivity contribution < 1.29 is 9.53 Å². The van der Waals surface area contributed by atoms with Crippen molar-refractivity contribution in [3.05, 3.63) is 35.9 Å². The molecular formula is C17H21N5O2. The third-order valence-electron chi connectivity index (χ3n) is 4.78. The highest BCUT2D eigenvalue weighted by molar-refractivity contribution is 5.95. The predicted octanol–water partition coefficient (Wildman–Crippen LogP) is 1.53. The molecule has 24 heavy (non-hydrogen) atoms. The number of nitrogens with zero attached hydrogens (tertiary/aromatic N) is 4. The molecule has 0 spiro atoms. The van der Waals surface area contributed by atoms with E-state index in [0.717, 1.165) is 49.7 Å². The van der Waals surface area contributed by atoms with Gasteiger partial charge in [0.1, 0.15) is 17.9 Å². The Bertz CT molecular complexity index is 749. The summed E-state index contributed by atoms with van der Waals surface area (Å²) in [6, 6.07) is 6.03. The van der Waals surface area contributed by atoms with Gasteiger partial charge in [-0.2, -0.15) is 0 Å². The number of aromatic nitrogens is 3. The van der Waals surface area contributed by atoms with Crippen molar-refractivity contribution in [2.45, 2.75) is 25.3 Å². The third-order valence-corrected chi connectivity index (χ3v) is 4.78. The lowest BCUT2D eigenvalue weighted by molar-refractivity contribution is -0.118. The van der Waals surface area contributed by atoms with Crippen LogP contribution in [-0.4, -0.2) is 45.3 Å². The molecule has 1 saturated heterocycles. The number of rotatable bonds is 3. The van der Waals surface area contributed by atoms with Gasteiger partial charge in [0.2, 0.25) is 0 Å². The summed E-state index contributed by atoms with van der Waals surface area (Å²) in [5.41, 5.74) is 1.97. The lowest BCUT2D eigenvalue weighted by Crippen LogP contribution is -2.33. The van der Waals surface area contributed by atoms with Crippen LogP contribution in [0.4, 0.5) is 5.69 Å². The van der Waals surface area contributed by atoms with Gasteiger partial charge in [-0.15, -0.1) is 10.2 Å². The summed E-state index contributed by atoms with van der Waals surface area (Å²) in [4.78, 5) is 13.9. The smallest absolute Gasteiger partial charge is 0.262 e. The van der Waals surface area contributed by atoms with Crippen molar-refractivity contribution in [1.29, 1.82) is 0 Å². The second-order valence-corrected chi connectivity index (χ2v) is 6.52. The van der Waals surface area contributed by atoms with Crippen LogP contribution in [0.5, 0.6) is 5.75 Å². The monoisotopic (exact) mass is 327 g/mol. The maximum absolute atomic E-state index is 11.4. The summed E-state index contributed by atoms with van der Waals surface area (Å²) in [6.07, 6.45) is 3.96. The Balaban J connectivity index is 1.38. The lowest BCUT2D eigenvalue weighted by atomic mass is 9.95. The molecule has 0 bridgehead atoms. The first-order valence-electron chi connectivity index (χ1n) is 8.31. The number of likely N-dealkylation sites (tertiary alicyclic amines) is 1. The van der Waals surface area contributed by atoms with Crippen molar-refractivity contribution in [2.24, 2.45) is 7.05 Å². The molecule has 0 radical (unpaired) electrons. The Morgan fingerprint density at radius 3 is 2.92 bits per heavy atom. The van der Waals surface area contributed by atoms with Crippen LogP contribution in [0, 0.1) is 0 Å². The molecule has 4 rings (SSSR count). The first-order valence-corrected chi connectivity index (χ1v) is 8.31. The summed E-state index contributed by atoms with van der Waals surface area (Å²) >= 11 is 0. The standard InChI is InChI=1S/C17H21N5O2/c1-21-11-18-20-17(21)13-4-6-22(7-5-13)9-12-2-3-15-14(8-12)19-16(23)10-24-15/h2-3,8,11,13H,4-7,9-10H2,1H3,(H,19,23). The number of carbonyl (C=O) groups is 1. The molecular weight excluding hydrogens is 306 g/mol. The highest BCUT2D eigenvalue weighted by atomic mass is 16.5. The van der Waals surface area contributed by atoms with Crippen molar-refractivity contribution in [1.82, 2.24) is 19.7 Å². The molecule has 2 aliphatic heterocycles. The van der Waals surface area contributed by atoms with Gasteiger partial charge in [0.15, 0.2) is 6.61 Å². The van der Waals surface area contributed by atoms with Gasteiger partial charge in [0, 0.05) is 19.5 Å². The van der Waals surface area contributed by atoms with Crippen LogP contribution >= 0.6 is 0 Å². The molecule has 0 atom stereocenters. The molecule has 1 N–H and O–H groups in total. The third kappa shape index (κ3) is 2.99. The summed E-state index contributed by atoms with van der Waals surface area (Å²) in [7, 11) is 2.01. The number of piperidine rings is 1. The van der Waals surface area contributed by atoms with E-state index in [1.165, 1.54) is 5.56 Å². The fraction of sp³-hybridized carbons (Fsp3) is 0.471. The molecule has 1 amide bonds. The Morgan fingerprint density at radius 2 is 2.17 bits per heavy atom. The highest BCUT2D eigenvalue weighted by Gasteiger charge is 2.24. The topological polar surface area (TPSA) is 72.3 Å². The second kappa shape index (κ2) is 6.24. The van der Waals surface area contributed by atoms with Crippen LogP contribution in [0.15, 0.2) is 24.5 Å². The van der Waals surface area contributed by atoms with Crippen molar-refractivity contribution in [3.63, 3.8) is 0 Å². The minimum atomic E-state index is -0.0934. The van der Waals surface area contributed by atoms with Crippen molar-refractivity contribution in [2.75, 3.05) is 25.0 Å². The zero-order chi connectivity index (χ0) is 16.5. The Labute approximate surface area is 140 Å². The molecule has 7 nitrogen and oxygen atoms in total. The zero-order valence-corrected chi connectivity index (χ0v) is 13.7. The maximum atomic E-state index is 11.4. The van der Waals surface area contributed by atoms with E-state index in [-0.39, 0.29) is 12.5 Å². The maximum Gasteiger partial charge on any atom is 0.262 e. The first-order chi connectivity index (χ1) is 11.7. The number of benzene rings is 1. The minimum Gasteiger partial charge on any atom is -0.482 e. The number of nitrogens with one attached hydrogen (secondary N) is 1. The fourth-order valence-electron chi connectivity index (χ4n) is 3.50. The molecule has 7 heteroatoms. The molecule has 3 heterocycles. The largest absolute Gasteiger partial charge is 0.482 e. The minimum absolute atomic E-state index is 0.0934. The summed E-state index contributed by atoms with van der Waals surface area (Å²) in [5.74, 6) is 2.23. The normalized spacial score (nSPS) is 18.8. The second-order valence-electron chi connectivity index (χ2n) is 6.52. The molecule has 0 saturated carbocycles. The summed E-state index contributed by atoms with van der Waals surface area (Å²) in [6.45, 7) is 3.06. The van der Waals surface area contributed by atoms with E-state index in [9.17, 15) is 4.79 Å². The van der Waals surface area contributed by atoms with Crippen LogP contribution < -0.4 is 10.1 Å². The van der Waals surface area contributed by atoms with E-state index in [0.29, 0.717) is 5.92 Å². The molecule has 0 unspecified atom stereocenters. The van der Waals surface area contributed by atoms with E-state index >= 15 is 0 Å². The SMILES string of the molecule is Cn1cnnc1C1CCN(Cc2ccc3c(c2)NC(=O)CO3)CC1. The van der Waals surface area contributed by atoms with E-state index in [1.807, 2.05) is 23.7 Å². The van der Waals surface area contributed by atoms with Gasteiger partial charge in [0.05, 0.1) is 5.69 Å². The van der Waals surface area contributed by atoms with Gasteiger partial charge in [-0.05, 0) is 43.6 Å². The average molecular weight is 327 g/mol. The van der Waals surface area contributed by atoms with Crippen LogP contribution in [0.2, 0.25) is 0 Å². The molecule has 1 aromatic heterocycles. The number of anilines is 1. The van der Waals surface area contributed by atoms with E-state index < -0.39 is 0 Å². The molecule has 2 aliphatic rings.